The number of aryl methyl sites for hydroxylation is 2. The standard InChI is InChI=1S/C17H27NS/c1-3-18-17(14-8-4-6-12(2)10-14)16-11-13-7-5-9-15(13)19-16/h11-12,14,17-18H,3-10H2,1-2H3. The zero-order valence-corrected chi connectivity index (χ0v) is 13.2. The van der Waals surface area contributed by atoms with E-state index in [0.29, 0.717) is 6.04 Å². The first-order valence-electron chi connectivity index (χ1n) is 8.12. The molecule has 1 aromatic rings. The largest absolute Gasteiger partial charge is 0.309 e. The molecule has 0 amide bonds. The smallest absolute Gasteiger partial charge is 0.0443 e. The van der Waals surface area contributed by atoms with Crippen molar-refractivity contribution in [1.29, 1.82) is 0 Å². The first-order valence-corrected chi connectivity index (χ1v) is 8.94. The van der Waals surface area contributed by atoms with Crippen LogP contribution in [0, 0.1) is 11.8 Å². The number of nitrogens with one attached hydrogen (secondary N) is 1. The van der Waals surface area contributed by atoms with E-state index < -0.39 is 0 Å². The van der Waals surface area contributed by atoms with Crippen LogP contribution < -0.4 is 5.32 Å². The van der Waals surface area contributed by atoms with Gasteiger partial charge < -0.3 is 5.32 Å². The Balaban J connectivity index is 1.79. The van der Waals surface area contributed by atoms with Gasteiger partial charge in [-0.1, -0.05) is 26.7 Å². The summed E-state index contributed by atoms with van der Waals surface area (Å²) >= 11 is 2.10. The highest BCUT2D eigenvalue weighted by molar-refractivity contribution is 7.12. The van der Waals surface area contributed by atoms with E-state index in [0.717, 1.165) is 18.4 Å². The topological polar surface area (TPSA) is 12.0 Å². The lowest BCUT2D eigenvalue weighted by atomic mass is 9.78. The van der Waals surface area contributed by atoms with Crippen molar-refractivity contribution >= 4 is 11.3 Å². The minimum Gasteiger partial charge on any atom is -0.309 e. The fourth-order valence-electron chi connectivity index (χ4n) is 4.01. The predicted molar refractivity (Wildman–Crippen MR) is 83.9 cm³/mol. The minimum atomic E-state index is 0.628. The molecule has 3 atom stereocenters. The second-order valence-corrected chi connectivity index (χ2v) is 7.69. The van der Waals surface area contributed by atoms with Crippen molar-refractivity contribution in [1.82, 2.24) is 5.32 Å². The van der Waals surface area contributed by atoms with Gasteiger partial charge in [0.15, 0.2) is 0 Å². The summed E-state index contributed by atoms with van der Waals surface area (Å²) in [5, 5.41) is 3.79. The molecule has 1 nitrogen and oxygen atoms in total. The molecule has 106 valence electrons. The second kappa shape index (κ2) is 5.97. The van der Waals surface area contributed by atoms with Gasteiger partial charge in [-0.15, -0.1) is 11.3 Å². The van der Waals surface area contributed by atoms with E-state index >= 15 is 0 Å². The van der Waals surface area contributed by atoms with Gasteiger partial charge in [0.2, 0.25) is 0 Å². The van der Waals surface area contributed by atoms with Gasteiger partial charge in [-0.3, -0.25) is 0 Å². The van der Waals surface area contributed by atoms with Crippen LogP contribution in [-0.2, 0) is 12.8 Å². The molecule has 1 saturated carbocycles. The van der Waals surface area contributed by atoms with Gasteiger partial charge in [-0.25, -0.2) is 0 Å². The maximum absolute atomic E-state index is 3.79. The summed E-state index contributed by atoms with van der Waals surface area (Å²) in [5.74, 6) is 1.79. The summed E-state index contributed by atoms with van der Waals surface area (Å²) in [4.78, 5) is 3.31. The van der Waals surface area contributed by atoms with Gasteiger partial charge in [0.25, 0.3) is 0 Å². The van der Waals surface area contributed by atoms with Crippen LogP contribution in [0.1, 0.15) is 67.3 Å². The zero-order chi connectivity index (χ0) is 13.2. The summed E-state index contributed by atoms with van der Waals surface area (Å²) in [6.45, 7) is 5.78. The number of hydrogen-bond donors (Lipinski definition) is 1. The number of thiophene rings is 1. The molecule has 1 N–H and O–H groups in total. The van der Waals surface area contributed by atoms with E-state index in [9.17, 15) is 0 Å². The fraction of sp³-hybridized carbons (Fsp3) is 0.765. The molecule has 0 spiro atoms. The molecule has 2 aliphatic carbocycles. The SMILES string of the molecule is CCNC(c1cc2c(s1)CCC2)C1CCCC(C)C1. The summed E-state index contributed by atoms with van der Waals surface area (Å²) in [6, 6.07) is 3.16. The Bertz CT molecular complexity index is 401. The minimum absolute atomic E-state index is 0.628. The van der Waals surface area contributed by atoms with E-state index in [-0.39, 0.29) is 0 Å². The molecular weight excluding hydrogens is 250 g/mol. The molecule has 1 aromatic heterocycles. The summed E-state index contributed by atoms with van der Waals surface area (Å²) in [5.41, 5.74) is 1.66. The first kappa shape index (κ1) is 13.6. The van der Waals surface area contributed by atoms with Crippen LogP contribution in [0.25, 0.3) is 0 Å². The Morgan fingerprint density at radius 1 is 1.32 bits per heavy atom. The van der Waals surface area contributed by atoms with Gasteiger partial charge in [-0.05, 0) is 62.1 Å². The average Bonchev–Trinajstić information content (AvgIpc) is 2.96. The molecule has 3 unspecified atom stereocenters. The molecule has 0 bridgehead atoms. The summed E-state index contributed by atoms with van der Waals surface area (Å²) in [7, 11) is 0. The highest BCUT2D eigenvalue weighted by Gasteiger charge is 2.29. The van der Waals surface area contributed by atoms with E-state index in [4.69, 9.17) is 0 Å². The monoisotopic (exact) mass is 277 g/mol. The van der Waals surface area contributed by atoms with Crippen LogP contribution in [-0.4, -0.2) is 6.54 Å². The number of hydrogen-bond acceptors (Lipinski definition) is 2. The van der Waals surface area contributed by atoms with Crippen LogP contribution in [0.2, 0.25) is 0 Å². The second-order valence-electron chi connectivity index (χ2n) is 6.52. The normalized spacial score (nSPS) is 28.3. The molecule has 0 aromatic carbocycles. The molecular formula is C17H27NS. The third-order valence-electron chi connectivity index (χ3n) is 4.94. The van der Waals surface area contributed by atoms with Crippen molar-refractivity contribution in [3.05, 3.63) is 21.4 Å². The van der Waals surface area contributed by atoms with Crippen LogP contribution in [0.4, 0.5) is 0 Å². The van der Waals surface area contributed by atoms with Gasteiger partial charge >= 0.3 is 0 Å². The van der Waals surface area contributed by atoms with E-state index in [1.807, 2.05) is 0 Å². The van der Waals surface area contributed by atoms with Gasteiger partial charge in [0.05, 0.1) is 0 Å². The molecule has 2 heteroatoms. The maximum atomic E-state index is 3.79. The molecule has 1 heterocycles. The van der Waals surface area contributed by atoms with E-state index in [2.05, 4.69) is 36.6 Å². The Morgan fingerprint density at radius 2 is 2.21 bits per heavy atom. The fourth-order valence-corrected chi connectivity index (χ4v) is 5.44. The Kier molecular flexibility index (Phi) is 4.28. The van der Waals surface area contributed by atoms with Gasteiger partial charge in [-0.2, -0.15) is 0 Å². The van der Waals surface area contributed by atoms with Gasteiger partial charge in [0, 0.05) is 15.8 Å². The highest BCUT2D eigenvalue weighted by atomic mass is 32.1. The highest BCUT2D eigenvalue weighted by Crippen LogP contribution is 2.41. The average molecular weight is 277 g/mol. The van der Waals surface area contributed by atoms with Crippen molar-refractivity contribution < 1.29 is 0 Å². The van der Waals surface area contributed by atoms with Crippen molar-refractivity contribution in [3.8, 4) is 0 Å². The molecule has 19 heavy (non-hydrogen) atoms. The van der Waals surface area contributed by atoms with Crippen LogP contribution in [0.3, 0.4) is 0 Å². The molecule has 0 saturated heterocycles. The Hall–Kier alpha value is -0.340. The molecule has 3 rings (SSSR count). The Morgan fingerprint density at radius 3 is 2.95 bits per heavy atom. The number of rotatable bonds is 4. The third kappa shape index (κ3) is 2.90. The summed E-state index contributed by atoms with van der Waals surface area (Å²) < 4.78 is 0. The van der Waals surface area contributed by atoms with Crippen LogP contribution in [0.5, 0.6) is 0 Å². The maximum Gasteiger partial charge on any atom is 0.0443 e. The molecule has 1 fully saturated rings. The number of fused-ring (bicyclic) bond motifs is 1. The van der Waals surface area contributed by atoms with Crippen LogP contribution in [0.15, 0.2) is 6.07 Å². The molecule has 2 aliphatic rings. The van der Waals surface area contributed by atoms with E-state index in [1.165, 1.54) is 44.9 Å². The van der Waals surface area contributed by atoms with Crippen molar-refractivity contribution in [2.75, 3.05) is 6.54 Å². The quantitative estimate of drug-likeness (QED) is 0.840. The molecule has 0 aliphatic heterocycles. The lowest BCUT2D eigenvalue weighted by Gasteiger charge is -2.33. The van der Waals surface area contributed by atoms with Gasteiger partial charge in [0.1, 0.15) is 0 Å². The lowest BCUT2D eigenvalue weighted by Crippen LogP contribution is -2.30. The lowest BCUT2D eigenvalue weighted by molar-refractivity contribution is 0.227. The summed E-state index contributed by atoms with van der Waals surface area (Å²) in [6.07, 6.45) is 9.75. The predicted octanol–water partition coefficient (Wildman–Crippen LogP) is 4.71. The molecule has 0 radical (unpaired) electrons. The third-order valence-corrected chi connectivity index (χ3v) is 6.26. The van der Waals surface area contributed by atoms with Crippen LogP contribution >= 0.6 is 11.3 Å². The Labute approximate surface area is 121 Å². The first-order chi connectivity index (χ1) is 9.28. The zero-order valence-electron chi connectivity index (χ0n) is 12.4. The van der Waals surface area contributed by atoms with Crippen molar-refractivity contribution in [2.45, 2.75) is 64.8 Å². The van der Waals surface area contributed by atoms with E-state index in [1.54, 1.807) is 15.3 Å². The van der Waals surface area contributed by atoms with Crippen molar-refractivity contribution in [2.24, 2.45) is 11.8 Å². The van der Waals surface area contributed by atoms with Crippen molar-refractivity contribution in [3.63, 3.8) is 0 Å².